The van der Waals surface area contributed by atoms with Crippen LogP contribution >= 0.6 is 0 Å². The third kappa shape index (κ3) is 5.80. The second kappa shape index (κ2) is 9.64. The van der Waals surface area contributed by atoms with Crippen molar-refractivity contribution in [2.75, 3.05) is 7.11 Å². The minimum absolute atomic E-state index is 0.0466. The fourth-order valence-electron chi connectivity index (χ4n) is 2.80. The number of hydrogen-bond acceptors (Lipinski definition) is 3. The molecule has 24 heavy (non-hydrogen) atoms. The maximum Gasteiger partial charge on any atom is 0.420 e. The van der Waals surface area contributed by atoms with Gasteiger partial charge in [-0.3, -0.25) is 9.59 Å². The number of halogens is 3. The van der Waals surface area contributed by atoms with Gasteiger partial charge in [-0.2, -0.15) is 13.2 Å². The van der Waals surface area contributed by atoms with Crippen LogP contribution in [0.3, 0.4) is 0 Å². The van der Waals surface area contributed by atoms with Crippen LogP contribution in [0.15, 0.2) is 23.0 Å². The summed E-state index contributed by atoms with van der Waals surface area (Å²) in [6.07, 6.45) is 3.59. The van der Waals surface area contributed by atoms with Crippen molar-refractivity contribution in [1.29, 1.82) is 0 Å². The van der Waals surface area contributed by atoms with Crippen molar-refractivity contribution in [3.63, 3.8) is 0 Å². The Morgan fingerprint density at radius 2 is 1.50 bits per heavy atom. The van der Waals surface area contributed by atoms with E-state index in [2.05, 4.69) is 6.92 Å². The number of hydrogen-bond donors (Lipinski definition) is 0. The number of alkyl halides is 3. The first-order valence-electron chi connectivity index (χ1n) is 8.48. The van der Waals surface area contributed by atoms with Crippen molar-refractivity contribution in [2.45, 2.75) is 70.9 Å². The maximum atomic E-state index is 13.1. The highest BCUT2D eigenvalue weighted by Crippen LogP contribution is 2.35. The Bertz CT molecular complexity index is 516. The lowest BCUT2D eigenvalue weighted by atomic mass is 9.89. The number of rotatable bonds is 10. The molecule has 0 bridgehead atoms. The molecule has 0 heterocycles. The number of methoxy groups -OCH3 is 1. The zero-order valence-electron chi connectivity index (χ0n) is 14.3. The van der Waals surface area contributed by atoms with Crippen LogP contribution in [0.5, 0.6) is 0 Å². The first-order chi connectivity index (χ1) is 11.3. The molecular weight excluding hydrogens is 321 g/mol. The van der Waals surface area contributed by atoms with Gasteiger partial charge in [-0.05, 0) is 12.8 Å². The minimum atomic E-state index is -4.82. The van der Waals surface area contributed by atoms with E-state index in [1.54, 1.807) is 0 Å². The van der Waals surface area contributed by atoms with Crippen LogP contribution in [0.1, 0.15) is 64.7 Å². The summed E-state index contributed by atoms with van der Waals surface area (Å²) >= 11 is 0. The van der Waals surface area contributed by atoms with Gasteiger partial charge in [0, 0.05) is 11.6 Å². The minimum Gasteiger partial charge on any atom is -0.493 e. The number of unbranched alkanes of at least 4 members (excludes halogenated alkanes) is 7. The highest BCUT2D eigenvalue weighted by atomic mass is 19.4. The van der Waals surface area contributed by atoms with E-state index in [1.807, 2.05) is 0 Å². The van der Waals surface area contributed by atoms with Gasteiger partial charge in [0.05, 0.1) is 7.11 Å². The summed E-state index contributed by atoms with van der Waals surface area (Å²) in [4.78, 5) is 23.8. The van der Waals surface area contributed by atoms with Gasteiger partial charge < -0.3 is 4.74 Å². The van der Waals surface area contributed by atoms with E-state index in [-0.39, 0.29) is 12.2 Å². The molecule has 0 aromatic rings. The second-order valence-electron chi connectivity index (χ2n) is 5.98. The Balaban J connectivity index is 2.63. The first-order valence-corrected chi connectivity index (χ1v) is 8.48. The molecule has 0 fully saturated rings. The molecule has 0 radical (unpaired) electrons. The molecule has 0 saturated heterocycles. The highest BCUT2D eigenvalue weighted by molar-refractivity contribution is 6.22. The van der Waals surface area contributed by atoms with Crippen LogP contribution < -0.4 is 0 Å². The largest absolute Gasteiger partial charge is 0.493 e. The number of allylic oxidation sites excluding steroid dienone is 3. The number of ether oxygens (including phenoxy) is 1. The Labute approximate surface area is 140 Å². The molecule has 1 aliphatic rings. The average Bonchev–Trinajstić information content (AvgIpc) is 2.51. The van der Waals surface area contributed by atoms with Crippen LogP contribution in [-0.2, 0) is 14.3 Å². The standard InChI is InChI=1S/C18H25F3O3/c1-3-4-5-6-7-8-9-10-11-13-16(18(19,20)21)14(22)12-15(24-2)17(13)23/h12H,3-11H2,1-2H3. The van der Waals surface area contributed by atoms with E-state index in [0.29, 0.717) is 12.5 Å². The third-order valence-electron chi connectivity index (χ3n) is 4.09. The molecule has 0 amide bonds. The highest BCUT2D eigenvalue weighted by Gasteiger charge is 2.44. The van der Waals surface area contributed by atoms with Crippen molar-refractivity contribution < 1.29 is 27.5 Å². The van der Waals surface area contributed by atoms with Gasteiger partial charge in [-0.25, -0.2) is 0 Å². The summed E-state index contributed by atoms with van der Waals surface area (Å²) in [5, 5.41) is 0. The summed E-state index contributed by atoms with van der Waals surface area (Å²) in [5.74, 6) is -2.34. The summed E-state index contributed by atoms with van der Waals surface area (Å²) in [7, 11) is 1.17. The zero-order valence-corrected chi connectivity index (χ0v) is 14.3. The van der Waals surface area contributed by atoms with Crippen molar-refractivity contribution in [3.8, 4) is 0 Å². The normalized spacial score (nSPS) is 15.8. The number of carbonyl (C=O) groups excluding carboxylic acids is 2. The monoisotopic (exact) mass is 346 g/mol. The van der Waals surface area contributed by atoms with E-state index in [4.69, 9.17) is 4.74 Å². The van der Waals surface area contributed by atoms with Gasteiger partial charge >= 0.3 is 6.18 Å². The smallest absolute Gasteiger partial charge is 0.420 e. The van der Waals surface area contributed by atoms with Crippen molar-refractivity contribution in [2.24, 2.45) is 0 Å². The molecule has 0 aromatic heterocycles. The zero-order chi connectivity index (χ0) is 18.2. The Kier molecular flexibility index (Phi) is 8.22. The van der Waals surface area contributed by atoms with Crippen molar-refractivity contribution in [1.82, 2.24) is 0 Å². The van der Waals surface area contributed by atoms with Gasteiger partial charge in [0.15, 0.2) is 11.5 Å². The molecule has 0 unspecified atom stereocenters. The number of carbonyl (C=O) groups is 2. The van der Waals surface area contributed by atoms with E-state index in [1.165, 1.54) is 26.4 Å². The molecule has 1 rings (SSSR count). The molecule has 0 saturated carbocycles. The van der Waals surface area contributed by atoms with Crippen LogP contribution in [0.25, 0.3) is 0 Å². The van der Waals surface area contributed by atoms with Crippen LogP contribution in [0, 0.1) is 0 Å². The van der Waals surface area contributed by atoms with E-state index >= 15 is 0 Å². The summed E-state index contributed by atoms with van der Waals surface area (Å²) in [5.41, 5.74) is -1.80. The van der Waals surface area contributed by atoms with E-state index < -0.39 is 28.9 Å². The molecular formula is C18H25F3O3. The topological polar surface area (TPSA) is 43.4 Å². The Morgan fingerprint density at radius 3 is 2.00 bits per heavy atom. The fraction of sp³-hybridized carbons (Fsp3) is 0.667. The Hall–Kier alpha value is -1.59. The van der Waals surface area contributed by atoms with Gasteiger partial charge in [-0.1, -0.05) is 51.9 Å². The fourth-order valence-corrected chi connectivity index (χ4v) is 2.80. The molecule has 136 valence electrons. The van der Waals surface area contributed by atoms with E-state index in [0.717, 1.165) is 25.7 Å². The second-order valence-corrected chi connectivity index (χ2v) is 5.98. The third-order valence-corrected chi connectivity index (χ3v) is 4.09. The molecule has 3 nitrogen and oxygen atoms in total. The lowest BCUT2D eigenvalue weighted by Gasteiger charge is -2.20. The van der Waals surface area contributed by atoms with Gasteiger partial charge in [0.2, 0.25) is 5.78 Å². The summed E-state index contributed by atoms with van der Waals surface area (Å²) in [6.45, 7) is 2.14. The first kappa shape index (κ1) is 20.5. The molecule has 0 spiro atoms. The maximum absolute atomic E-state index is 13.1. The molecule has 1 aliphatic carbocycles. The van der Waals surface area contributed by atoms with E-state index in [9.17, 15) is 22.8 Å². The number of Topliss-reactive ketones (excluding diaryl/α,β-unsaturated/α-hetero) is 1. The number of ketones is 2. The SMILES string of the molecule is CCCCCCCCCCC1=C(C(F)(F)F)C(=O)C=C(OC)C1=O. The quantitative estimate of drug-likeness (QED) is 0.410. The molecule has 6 heteroatoms. The molecule has 0 aromatic carbocycles. The van der Waals surface area contributed by atoms with Crippen LogP contribution in [0.4, 0.5) is 13.2 Å². The lowest BCUT2D eigenvalue weighted by molar-refractivity contribution is -0.129. The summed E-state index contributed by atoms with van der Waals surface area (Å²) < 4.78 is 44.0. The predicted molar refractivity (Wildman–Crippen MR) is 85.4 cm³/mol. The predicted octanol–water partition coefficient (Wildman–Crippen LogP) is 5.06. The van der Waals surface area contributed by atoms with Gasteiger partial charge in [0.25, 0.3) is 0 Å². The average molecular weight is 346 g/mol. The molecule has 0 N–H and O–H groups in total. The Morgan fingerprint density at radius 1 is 0.958 bits per heavy atom. The van der Waals surface area contributed by atoms with Crippen LogP contribution in [-0.4, -0.2) is 24.9 Å². The lowest BCUT2D eigenvalue weighted by Crippen LogP contribution is -2.29. The molecule has 0 aliphatic heterocycles. The molecule has 0 atom stereocenters. The van der Waals surface area contributed by atoms with Gasteiger partial charge in [0.1, 0.15) is 5.57 Å². The van der Waals surface area contributed by atoms with Crippen molar-refractivity contribution in [3.05, 3.63) is 23.0 Å². The summed E-state index contributed by atoms with van der Waals surface area (Å²) in [6, 6.07) is 0. The van der Waals surface area contributed by atoms with Gasteiger partial charge in [-0.15, -0.1) is 0 Å². The van der Waals surface area contributed by atoms with Crippen LogP contribution in [0.2, 0.25) is 0 Å². The van der Waals surface area contributed by atoms with Crippen molar-refractivity contribution >= 4 is 11.6 Å².